The Morgan fingerprint density at radius 3 is 3.00 bits per heavy atom. The Morgan fingerprint density at radius 1 is 1.50 bits per heavy atom. The Hall–Kier alpha value is -1.99. The van der Waals surface area contributed by atoms with E-state index in [9.17, 15) is 10.1 Å². The van der Waals surface area contributed by atoms with E-state index in [1.54, 1.807) is 10.6 Å². The highest BCUT2D eigenvalue weighted by Gasteiger charge is 2.13. The summed E-state index contributed by atoms with van der Waals surface area (Å²) in [7, 11) is 0. The number of fused-ring (bicyclic) bond motifs is 1. The molecule has 0 amide bonds. The van der Waals surface area contributed by atoms with Crippen LogP contribution in [-0.4, -0.2) is 19.5 Å². The van der Waals surface area contributed by atoms with Gasteiger partial charge in [-0.3, -0.25) is 10.1 Å². The molecule has 0 aliphatic rings. The molecule has 0 N–H and O–H groups in total. The quantitative estimate of drug-likeness (QED) is 0.550. The molecule has 3 aromatic rings. The largest absolute Gasteiger partial charge is 0.270 e. The third kappa shape index (κ3) is 2.25. The first-order valence-electron chi connectivity index (χ1n) is 5.77. The number of non-ortho nitro benzene ring substituents is 1. The van der Waals surface area contributed by atoms with Gasteiger partial charge in [0.1, 0.15) is 5.82 Å². The van der Waals surface area contributed by atoms with Crippen LogP contribution in [0.5, 0.6) is 0 Å². The fourth-order valence-corrected chi connectivity index (χ4v) is 3.04. The highest BCUT2D eigenvalue weighted by atomic mass is 35.5. The van der Waals surface area contributed by atoms with Crippen LogP contribution in [0.4, 0.5) is 5.69 Å². The molecule has 6 nitrogen and oxygen atoms in total. The molecule has 0 radical (unpaired) electrons. The van der Waals surface area contributed by atoms with Crippen molar-refractivity contribution < 1.29 is 4.92 Å². The third-order valence-corrected chi connectivity index (χ3v) is 4.09. The second-order valence-corrected chi connectivity index (χ2v) is 5.53. The molecular formula is C12H9ClN4O2S. The van der Waals surface area contributed by atoms with Gasteiger partial charge >= 0.3 is 0 Å². The molecule has 0 bridgehead atoms. The molecule has 0 atom stereocenters. The number of hydrogen-bond acceptors (Lipinski definition) is 5. The van der Waals surface area contributed by atoms with E-state index < -0.39 is 4.92 Å². The number of nitro groups is 1. The average molecular weight is 309 g/mol. The number of benzene rings is 1. The van der Waals surface area contributed by atoms with Crippen LogP contribution in [0.1, 0.15) is 17.1 Å². The Kier molecular flexibility index (Phi) is 3.15. The number of rotatable bonds is 3. The zero-order chi connectivity index (χ0) is 14.3. The Labute approximate surface area is 122 Å². The van der Waals surface area contributed by atoms with Crippen molar-refractivity contribution >= 4 is 33.6 Å². The smallest absolute Gasteiger partial charge is 0.258 e. The van der Waals surface area contributed by atoms with Crippen LogP contribution in [0.2, 0.25) is 5.02 Å². The summed E-state index contributed by atoms with van der Waals surface area (Å²) >= 11 is 7.61. The van der Waals surface area contributed by atoms with E-state index in [0.29, 0.717) is 17.3 Å². The SMILES string of the molecule is Cc1nc2scc(Cc3ccc([N+](=O)[O-])cc3Cl)n2n1. The number of aryl methyl sites for hydroxylation is 1. The summed E-state index contributed by atoms with van der Waals surface area (Å²) in [6.07, 6.45) is 0.555. The normalized spacial score (nSPS) is 11.1. The minimum absolute atomic E-state index is 0.00850. The molecule has 2 aromatic heterocycles. The number of aromatic nitrogens is 3. The fraction of sp³-hybridized carbons (Fsp3) is 0.167. The first-order chi connectivity index (χ1) is 9.54. The molecule has 0 fully saturated rings. The van der Waals surface area contributed by atoms with Crippen molar-refractivity contribution in [1.82, 2.24) is 14.6 Å². The number of halogens is 1. The molecule has 0 aliphatic carbocycles. The lowest BCUT2D eigenvalue weighted by Crippen LogP contribution is -1.97. The zero-order valence-corrected chi connectivity index (χ0v) is 12.0. The lowest BCUT2D eigenvalue weighted by molar-refractivity contribution is -0.384. The summed E-state index contributed by atoms with van der Waals surface area (Å²) in [5.74, 6) is 0.716. The maximum atomic E-state index is 10.7. The molecule has 0 spiro atoms. The molecule has 20 heavy (non-hydrogen) atoms. The van der Waals surface area contributed by atoms with Crippen LogP contribution in [-0.2, 0) is 6.42 Å². The van der Waals surface area contributed by atoms with Gasteiger partial charge in [0.15, 0.2) is 0 Å². The van der Waals surface area contributed by atoms with E-state index in [2.05, 4.69) is 10.1 Å². The Morgan fingerprint density at radius 2 is 2.30 bits per heavy atom. The lowest BCUT2D eigenvalue weighted by Gasteiger charge is -2.03. The summed E-state index contributed by atoms with van der Waals surface area (Å²) in [6, 6.07) is 4.50. The molecular weight excluding hydrogens is 300 g/mol. The van der Waals surface area contributed by atoms with E-state index in [1.807, 2.05) is 12.3 Å². The van der Waals surface area contributed by atoms with Crippen LogP contribution < -0.4 is 0 Å². The molecule has 102 valence electrons. The zero-order valence-electron chi connectivity index (χ0n) is 10.4. The molecule has 2 heterocycles. The van der Waals surface area contributed by atoms with Crippen molar-refractivity contribution in [3.05, 3.63) is 55.8 Å². The minimum atomic E-state index is -0.459. The Balaban J connectivity index is 1.96. The van der Waals surface area contributed by atoms with E-state index in [-0.39, 0.29) is 5.69 Å². The predicted molar refractivity (Wildman–Crippen MR) is 76.5 cm³/mol. The summed E-state index contributed by atoms with van der Waals surface area (Å²) < 4.78 is 1.78. The van der Waals surface area contributed by atoms with Crippen molar-refractivity contribution in [3.63, 3.8) is 0 Å². The average Bonchev–Trinajstić information content (AvgIpc) is 2.92. The summed E-state index contributed by atoms with van der Waals surface area (Å²) in [6.45, 7) is 1.84. The number of thiazole rings is 1. The lowest BCUT2D eigenvalue weighted by atomic mass is 10.1. The second kappa shape index (κ2) is 4.84. The molecule has 0 unspecified atom stereocenters. The minimum Gasteiger partial charge on any atom is -0.258 e. The van der Waals surface area contributed by atoms with Crippen LogP contribution in [0.15, 0.2) is 23.6 Å². The molecule has 1 aromatic carbocycles. The highest BCUT2D eigenvalue weighted by molar-refractivity contribution is 7.15. The first kappa shape index (κ1) is 13.0. The van der Waals surface area contributed by atoms with Crippen molar-refractivity contribution in [2.75, 3.05) is 0 Å². The van der Waals surface area contributed by atoms with E-state index in [0.717, 1.165) is 16.2 Å². The van der Waals surface area contributed by atoms with Crippen LogP contribution in [0.3, 0.4) is 0 Å². The van der Waals surface area contributed by atoms with E-state index in [1.165, 1.54) is 23.5 Å². The summed E-state index contributed by atoms with van der Waals surface area (Å²) in [5.41, 5.74) is 1.78. The fourth-order valence-electron chi connectivity index (χ4n) is 1.93. The standard InChI is InChI=1S/C12H9ClN4O2S/c1-7-14-12-16(15-7)10(6-20-12)4-8-2-3-9(17(18)19)5-11(8)13/h2-3,5-6H,4H2,1H3. The van der Waals surface area contributed by atoms with E-state index in [4.69, 9.17) is 11.6 Å². The number of nitro benzene ring substituents is 1. The van der Waals surface area contributed by atoms with Crippen LogP contribution >= 0.6 is 22.9 Å². The van der Waals surface area contributed by atoms with Gasteiger partial charge in [0, 0.05) is 23.9 Å². The van der Waals surface area contributed by atoms with Crippen molar-refractivity contribution in [2.24, 2.45) is 0 Å². The van der Waals surface area contributed by atoms with Gasteiger partial charge in [-0.1, -0.05) is 17.7 Å². The van der Waals surface area contributed by atoms with Gasteiger partial charge in [-0.25, -0.2) is 9.50 Å². The molecule has 0 saturated carbocycles. The van der Waals surface area contributed by atoms with Crippen molar-refractivity contribution in [1.29, 1.82) is 0 Å². The molecule has 8 heteroatoms. The van der Waals surface area contributed by atoms with Gasteiger partial charge in [-0.2, -0.15) is 5.10 Å². The van der Waals surface area contributed by atoms with Gasteiger partial charge in [0.05, 0.1) is 15.6 Å². The van der Waals surface area contributed by atoms with Gasteiger partial charge in [-0.15, -0.1) is 11.3 Å². The molecule has 0 saturated heterocycles. The monoisotopic (exact) mass is 308 g/mol. The van der Waals surface area contributed by atoms with Gasteiger partial charge < -0.3 is 0 Å². The molecule has 0 aliphatic heterocycles. The number of hydrogen-bond donors (Lipinski definition) is 0. The van der Waals surface area contributed by atoms with Gasteiger partial charge in [0.25, 0.3) is 5.69 Å². The third-order valence-electron chi connectivity index (χ3n) is 2.87. The maximum Gasteiger partial charge on any atom is 0.270 e. The highest BCUT2D eigenvalue weighted by Crippen LogP contribution is 2.26. The van der Waals surface area contributed by atoms with Crippen molar-refractivity contribution in [3.8, 4) is 0 Å². The first-order valence-corrected chi connectivity index (χ1v) is 7.03. The van der Waals surface area contributed by atoms with Crippen LogP contribution in [0, 0.1) is 17.0 Å². The van der Waals surface area contributed by atoms with Gasteiger partial charge in [-0.05, 0) is 12.5 Å². The van der Waals surface area contributed by atoms with Crippen LogP contribution in [0.25, 0.3) is 4.96 Å². The predicted octanol–water partition coefficient (Wildman–Crippen LogP) is 3.25. The van der Waals surface area contributed by atoms with E-state index >= 15 is 0 Å². The second-order valence-electron chi connectivity index (χ2n) is 4.29. The molecule has 3 rings (SSSR count). The topological polar surface area (TPSA) is 73.3 Å². The van der Waals surface area contributed by atoms with Gasteiger partial charge in [0.2, 0.25) is 4.96 Å². The van der Waals surface area contributed by atoms with Crippen molar-refractivity contribution in [2.45, 2.75) is 13.3 Å². The summed E-state index contributed by atoms with van der Waals surface area (Å²) in [4.78, 5) is 15.3. The number of nitrogens with zero attached hydrogens (tertiary/aromatic N) is 4. The Bertz CT molecular complexity index is 811. The maximum absolute atomic E-state index is 10.7. The summed E-state index contributed by atoms with van der Waals surface area (Å²) in [5, 5.41) is 17.3.